The zero-order chi connectivity index (χ0) is 21.0. The smallest absolute Gasteiger partial charge is 0.334 e. The number of anilines is 2. The minimum atomic E-state index is -4.13. The van der Waals surface area contributed by atoms with Crippen LogP contribution in [-0.4, -0.2) is 43.5 Å². The van der Waals surface area contributed by atoms with Crippen molar-refractivity contribution in [3.05, 3.63) is 28.2 Å². The van der Waals surface area contributed by atoms with Gasteiger partial charge in [-0.15, -0.1) is 11.3 Å². The van der Waals surface area contributed by atoms with E-state index in [4.69, 9.17) is 4.74 Å². The molecule has 2 amide bonds. The van der Waals surface area contributed by atoms with Crippen molar-refractivity contribution in [2.75, 3.05) is 22.8 Å². The molecule has 1 fully saturated rings. The van der Waals surface area contributed by atoms with Crippen LogP contribution in [-0.2, 0) is 34.8 Å². The van der Waals surface area contributed by atoms with Gasteiger partial charge in [0.1, 0.15) is 0 Å². The number of thiophene rings is 1. The van der Waals surface area contributed by atoms with Crippen LogP contribution in [0.25, 0.3) is 0 Å². The summed E-state index contributed by atoms with van der Waals surface area (Å²) in [6, 6.07) is 0.811. The summed E-state index contributed by atoms with van der Waals surface area (Å²) in [7, 11) is -2.42. The highest BCUT2D eigenvalue weighted by Crippen LogP contribution is 2.29. The van der Waals surface area contributed by atoms with Crippen molar-refractivity contribution in [1.82, 2.24) is 14.5 Å². The molecule has 0 saturated carbocycles. The Hall–Kier alpha value is -2.11. The molecule has 3 heterocycles. The van der Waals surface area contributed by atoms with E-state index in [0.29, 0.717) is 37.4 Å². The summed E-state index contributed by atoms with van der Waals surface area (Å²) < 4.78 is 36.6. The number of hydrogen-bond acceptors (Lipinski definition) is 6. The molecule has 0 spiro atoms. The van der Waals surface area contributed by atoms with Crippen molar-refractivity contribution in [2.24, 2.45) is 7.05 Å². The van der Waals surface area contributed by atoms with Crippen LogP contribution in [0.3, 0.4) is 0 Å². The van der Waals surface area contributed by atoms with Gasteiger partial charge in [0.15, 0.2) is 0 Å². The van der Waals surface area contributed by atoms with Gasteiger partial charge in [-0.2, -0.15) is 13.5 Å². The third-order valence-electron chi connectivity index (χ3n) is 4.73. The van der Waals surface area contributed by atoms with E-state index in [1.807, 2.05) is 19.9 Å². The minimum absolute atomic E-state index is 0.308. The predicted molar refractivity (Wildman–Crippen MR) is 114 cm³/mol. The number of nitrogens with zero attached hydrogens (tertiary/aromatic N) is 3. The second-order valence-electron chi connectivity index (χ2n) is 6.83. The quantitative estimate of drug-likeness (QED) is 0.687. The van der Waals surface area contributed by atoms with Crippen LogP contribution < -0.4 is 14.3 Å². The summed E-state index contributed by atoms with van der Waals surface area (Å²) in [4.78, 5) is 14.7. The fourth-order valence-corrected chi connectivity index (χ4v) is 5.69. The topological polar surface area (TPSA) is 106 Å². The third-order valence-corrected chi connectivity index (χ3v) is 7.62. The molecule has 2 N–H and O–H groups in total. The van der Waals surface area contributed by atoms with E-state index in [9.17, 15) is 13.2 Å². The number of nitrogens with one attached hydrogen (secondary N) is 2. The number of ether oxygens (including phenoxy) is 1. The summed E-state index contributed by atoms with van der Waals surface area (Å²) in [6.07, 6.45) is 5.81. The van der Waals surface area contributed by atoms with E-state index < -0.39 is 16.2 Å². The number of amides is 2. The first-order valence-corrected chi connectivity index (χ1v) is 11.9. The number of carbonyl (C=O) groups excluding carboxylic acids is 1. The van der Waals surface area contributed by atoms with Crippen LogP contribution in [0.5, 0.6) is 0 Å². The van der Waals surface area contributed by atoms with E-state index in [1.54, 1.807) is 24.6 Å². The van der Waals surface area contributed by atoms with Crippen LogP contribution in [0.2, 0.25) is 0 Å². The molecule has 2 aromatic rings. The monoisotopic (exact) mass is 441 g/mol. The van der Waals surface area contributed by atoms with Crippen LogP contribution in [0, 0.1) is 0 Å². The molecule has 1 aliphatic heterocycles. The molecule has 0 radical (unpaired) electrons. The first-order chi connectivity index (χ1) is 13.8. The second kappa shape index (κ2) is 9.14. The molecule has 0 aliphatic carbocycles. The first-order valence-electron chi connectivity index (χ1n) is 9.65. The van der Waals surface area contributed by atoms with Gasteiger partial charge in [0.2, 0.25) is 0 Å². The molecule has 0 unspecified atom stereocenters. The van der Waals surface area contributed by atoms with Crippen molar-refractivity contribution in [3.8, 4) is 0 Å². The van der Waals surface area contributed by atoms with Gasteiger partial charge in [-0.05, 0) is 31.7 Å². The SMILES string of the molecule is CCc1cc(NC(=O)NS(=O)(=O)N(c2cnn(C)c2)C2CCOCC2)c(CC)s1. The molecule has 0 bridgehead atoms. The van der Waals surface area contributed by atoms with Crippen molar-refractivity contribution in [1.29, 1.82) is 0 Å². The highest BCUT2D eigenvalue weighted by atomic mass is 32.2. The van der Waals surface area contributed by atoms with Crippen molar-refractivity contribution >= 4 is 39.0 Å². The average Bonchev–Trinajstić information content (AvgIpc) is 3.27. The number of hydrogen-bond donors (Lipinski definition) is 2. The molecule has 2 aromatic heterocycles. The van der Waals surface area contributed by atoms with Gasteiger partial charge in [-0.1, -0.05) is 13.8 Å². The van der Waals surface area contributed by atoms with Gasteiger partial charge in [0.25, 0.3) is 0 Å². The summed E-state index contributed by atoms with van der Waals surface area (Å²) in [5.41, 5.74) is 1.07. The Bertz CT molecular complexity index is 947. The predicted octanol–water partition coefficient (Wildman–Crippen LogP) is 2.66. The van der Waals surface area contributed by atoms with Crippen LogP contribution >= 0.6 is 11.3 Å². The van der Waals surface area contributed by atoms with Gasteiger partial charge >= 0.3 is 16.2 Å². The Labute approximate surface area is 175 Å². The summed E-state index contributed by atoms with van der Waals surface area (Å²) in [5.74, 6) is 0. The maximum atomic E-state index is 13.1. The lowest BCUT2D eigenvalue weighted by molar-refractivity contribution is 0.0875. The van der Waals surface area contributed by atoms with Gasteiger partial charge in [0.05, 0.1) is 23.6 Å². The summed E-state index contributed by atoms with van der Waals surface area (Å²) in [5, 5.41) is 6.78. The first kappa shape index (κ1) is 21.6. The Morgan fingerprint density at radius 2 is 2.07 bits per heavy atom. The Morgan fingerprint density at radius 3 is 2.66 bits per heavy atom. The molecule has 29 heavy (non-hydrogen) atoms. The lowest BCUT2D eigenvalue weighted by Gasteiger charge is -2.33. The Kier molecular flexibility index (Phi) is 6.81. The fraction of sp³-hybridized carbons (Fsp3) is 0.556. The molecule has 3 rings (SSSR count). The molecule has 0 aromatic carbocycles. The molecule has 9 nitrogen and oxygen atoms in total. The van der Waals surface area contributed by atoms with Gasteiger partial charge < -0.3 is 10.1 Å². The number of aromatic nitrogens is 2. The molecule has 1 saturated heterocycles. The lowest BCUT2D eigenvalue weighted by atomic mass is 10.1. The highest BCUT2D eigenvalue weighted by Gasteiger charge is 2.34. The summed E-state index contributed by atoms with van der Waals surface area (Å²) in [6.45, 7) is 4.98. The number of rotatable bonds is 7. The number of urea groups is 1. The van der Waals surface area contributed by atoms with E-state index in [-0.39, 0.29) is 6.04 Å². The minimum Gasteiger partial charge on any atom is -0.381 e. The summed E-state index contributed by atoms with van der Waals surface area (Å²) >= 11 is 1.62. The second-order valence-corrected chi connectivity index (χ2v) is 9.60. The standard InChI is InChI=1S/C18H27N5O4S2/c1-4-15-10-16(17(5-2)28-15)20-18(24)21-29(25,26)23(13-6-8-27-9-7-13)14-11-19-22(3)12-14/h10-13H,4-9H2,1-3H3,(H2,20,21,24). The molecular formula is C18H27N5O4S2. The largest absolute Gasteiger partial charge is 0.381 e. The molecule has 1 aliphatic rings. The van der Waals surface area contributed by atoms with Crippen LogP contribution in [0.1, 0.15) is 36.4 Å². The molecule has 11 heteroatoms. The van der Waals surface area contributed by atoms with E-state index in [0.717, 1.165) is 22.6 Å². The maximum Gasteiger partial charge on any atom is 0.334 e. The third kappa shape index (κ3) is 5.09. The van der Waals surface area contributed by atoms with E-state index in [2.05, 4.69) is 15.1 Å². The van der Waals surface area contributed by atoms with Crippen LogP contribution in [0.4, 0.5) is 16.2 Å². The highest BCUT2D eigenvalue weighted by molar-refractivity contribution is 7.91. The van der Waals surface area contributed by atoms with Gasteiger partial charge in [0, 0.05) is 36.2 Å². The van der Waals surface area contributed by atoms with E-state index in [1.165, 1.54) is 15.2 Å². The molecular weight excluding hydrogens is 414 g/mol. The molecule has 0 atom stereocenters. The van der Waals surface area contributed by atoms with E-state index >= 15 is 0 Å². The van der Waals surface area contributed by atoms with Crippen molar-refractivity contribution in [3.63, 3.8) is 0 Å². The fourth-order valence-electron chi connectivity index (χ4n) is 3.33. The lowest BCUT2D eigenvalue weighted by Crippen LogP contribution is -2.51. The number of aryl methyl sites for hydroxylation is 3. The Morgan fingerprint density at radius 1 is 1.34 bits per heavy atom. The van der Waals surface area contributed by atoms with Gasteiger partial charge in [-0.25, -0.2) is 13.8 Å². The van der Waals surface area contributed by atoms with Crippen molar-refractivity contribution in [2.45, 2.75) is 45.6 Å². The normalized spacial score (nSPS) is 15.3. The number of carbonyl (C=O) groups is 1. The average molecular weight is 442 g/mol. The van der Waals surface area contributed by atoms with Crippen molar-refractivity contribution < 1.29 is 17.9 Å². The van der Waals surface area contributed by atoms with Crippen LogP contribution in [0.15, 0.2) is 18.5 Å². The maximum absolute atomic E-state index is 13.1. The zero-order valence-electron chi connectivity index (χ0n) is 16.8. The molecule has 160 valence electrons. The van der Waals surface area contributed by atoms with Gasteiger partial charge in [-0.3, -0.25) is 4.68 Å². The zero-order valence-corrected chi connectivity index (χ0v) is 18.5. The Balaban J connectivity index is 1.80.